The number of ketones is 1. The van der Waals surface area contributed by atoms with Gasteiger partial charge in [0.2, 0.25) is 0 Å². The van der Waals surface area contributed by atoms with Gasteiger partial charge in [0.15, 0.2) is 5.78 Å². The van der Waals surface area contributed by atoms with Crippen LogP contribution in [0.2, 0.25) is 5.02 Å². The molecule has 1 amide bonds. The molecule has 0 aromatic heterocycles. The van der Waals surface area contributed by atoms with Crippen LogP contribution in [0.4, 0.5) is 11.4 Å². The minimum absolute atomic E-state index is 0.0643. The minimum atomic E-state index is -0.767. The van der Waals surface area contributed by atoms with E-state index in [9.17, 15) is 29.8 Å². The minimum Gasteiger partial charge on any atom is -0.486 e. The molecule has 10 nitrogen and oxygen atoms in total. The number of nitro groups is 2. The summed E-state index contributed by atoms with van der Waals surface area (Å²) in [6, 6.07) is 3.68. The largest absolute Gasteiger partial charge is 0.486 e. The predicted molar refractivity (Wildman–Crippen MR) is 123 cm³/mol. The fourth-order valence-electron chi connectivity index (χ4n) is 4.77. The molecule has 2 aliphatic heterocycles. The first-order valence-corrected chi connectivity index (χ1v) is 11.1. The summed E-state index contributed by atoms with van der Waals surface area (Å²) in [6.45, 7) is 5.50. The highest BCUT2D eigenvalue weighted by molar-refractivity contribution is 6.32. The smallest absolute Gasteiger partial charge is 0.279 e. The first kappa shape index (κ1) is 23.6. The number of hydrogen-bond acceptors (Lipinski definition) is 7. The van der Waals surface area contributed by atoms with Crippen molar-refractivity contribution in [3.63, 3.8) is 0 Å². The number of fused-ring (bicyclic) bond motifs is 1. The number of amides is 1. The van der Waals surface area contributed by atoms with Crippen molar-refractivity contribution in [2.24, 2.45) is 0 Å². The summed E-state index contributed by atoms with van der Waals surface area (Å²) in [4.78, 5) is 48.8. The first-order chi connectivity index (χ1) is 15.9. The number of ether oxygens (including phenoxy) is 1. The highest BCUT2D eigenvalue weighted by Crippen LogP contribution is 2.43. The Labute approximate surface area is 199 Å². The number of piperidine rings is 1. The van der Waals surface area contributed by atoms with Gasteiger partial charge in [-0.05, 0) is 38.0 Å². The summed E-state index contributed by atoms with van der Waals surface area (Å²) in [5.41, 5.74) is 0.205. The lowest BCUT2D eigenvalue weighted by molar-refractivity contribution is -0.394. The van der Waals surface area contributed by atoms with E-state index in [1.54, 1.807) is 13.0 Å². The van der Waals surface area contributed by atoms with Gasteiger partial charge in [-0.25, -0.2) is 0 Å². The van der Waals surface area contributed by atoms with Crippen LogP contribution >= 0.6 is 11.6 Å². The van der Waals surface area contributed by atoms with E-state index in [1.807, 2.05) is 6.92 Å². The number of non-ortho nitro benzene ring substituents is 1. The van der Waals surface area contributed by atoms with Crippen LogP contribution in [0.3, 0.4) is 0 Å². The van der Waals surface area contributed by atoms with Crippen LogP contribution in [0.1, 0.15) is 56.7 Å². The van der Waals surface area contributed by atoms with Crippen molar-refractivity contribution in [2.75, 3.05) is 13.1 Å². The van der Waals surface area contributed by atoms with Crippen LogP contribution in [-0.4, -0.2) is 45.1 Å². The molecule has 0 radical (unpaired) electrons. The number of halogens is 1. The lowest BCUT2D eigenvalue weighted by Crippen LogP contribution is -2.52. The molecule has 178 valence electrons. The van der Waals surface area contributed by atoms with E-state index in [2.05, 4.69) is 0 Å². The number of hydrogen-bond donors (Lipinski definition) is 0. The summed E-state index contributed by atoms with van der Waals surface area (Å²) in [6.07, 6.45) is 0.908. The zero-order valence-electron chi connectivity index (χ0n) is 18.8. The molecular weight excluding hydrogens is 466 g/mol. The van der Waals surface area contributed by atoms with Gasteiger partial charge in [0.05, 0.1) is 33.5 Å². The molecule has 4 rings (SSSR count). The predicted octanol–water partition coefficient (Wildman–Crippen LogP) is 4.72. The Morgan fingerprint density at radius 1 is 1.06 bits per heavy atom. The zero-order valence-corrected chi connectivity index (χ0v) is 19.6. The molecule has 0 bridgehead atoms. The second-order valence-corrected chi connectivity index (χ2v) is 9.21. The molecule has 1 saturated heterocycles. The highest BCUT2D eigenvalue weighted by Gasteiger charge is 2.45. The number of benzene rings is 2. The fraction of sp³-hybridized carbons (Fsp3) is 0.391. The number of nitro benzene ring substituents is 2. The maximum Gasteiger partial charge on any atom is 0.279 e. The van der Waals surface area contributed by atoms with Gasteiger partial charge in [0.1, 0.15) is 11.4 Å². The van der Waals surface area contributed by atoms with E-state index < -0.39 is 32.7 Å². The fourth-order valence-corrected chi connectivity index (χ4v) is 4.92. The summed E-state index contributed by atoms with van der Waals surface area (Å²) < 4.78 is 6.31. The number of likely N-dealkylation sites (tertiary alicyclic amines) is 1. The van der Waals surface area contributed by atoms with E-state index in [1.165, 1.54) is 11.8 Å². The van der Waals surface area contributed by atoms with Gasteiger partial charge in [-0.2, -0.15) is 0 Å². The zero-order chi connectivity index (χ0) is 24.9. The SMILES string of the molecule is Cc1cc2c(c(C)c1Cl)C(=O)CC1(CCN(C(=O)c3cc([N+](=O)[O-])cc([N+](=O)[O-])c3C)CC1)O2. The van der Waals surface area contributed by atoms with E-state index in [0.29, 0.717) is 34.7 Å². The second-order valence-electron chi connectivity index (χ2n) is 8.83. The standard InChI is InChI=1S/C23H22ClN3O7/c1-12-8-19-20(14(3)21(12)24)18(28)11-23(34-19)4-6-25(7-5-23)22(29)16-9-15(26(30)31)10-17(13(16)2)27(32)33/h8-10H,4-7,11H2,1-3H3. The molecule has 2 heterocycles. The van der Waals surface area contributed by atoms with Crippen LogP contribution in [0.5, 0.6) is 5.75 Å². The Morgan fingerprint density at radius 3 is 2.29 bits per heavy atom. The molecule has 11 heteroatoms. The van der Waals surface area contributed by atoms with Gasteiger partial charge in [-0.15, -0.1) is 0 Å². The molecule has 0 saturated carbocycles. The molecule has 1 spiro atoms. The Bertz CT molecular complexity index is 1270. The highest BCUT2D eigenvalue weighted by atomic mass is 35.5. The number of nitrogens with zero attached hydrogens (tertiary/aromatic N) is 3. The molecule has 2 aromatic rings. The average molecular weight is 488 g/mol. The number of aryl methyl sites for hydroxylation is 1. The number of rotatable bonds is 3. The molecule has 2 aliphatic rings. The topological polar surface area (TPSA) is 133 Å². The average Bonchev–Trinajstić information content (AvgIpc) is 2.77. The van der Waals surface area contributed by atoms with Gasteiger partial charge < -0.3 is 9.64 Å². The molecule has 0 unspecified atom stereocenters. The van der Waals surface area contributed by atoms with E-state index in [-0.39, 0.29) is 36.4 Å². The molecular formula is C23H22ClN3O7. The van der Waals surface area contributed by atoms with Gasteiger partial charge in [0, 0.05) is 42.6 Å². The van der Waals surface area contributed by atoms with Crippen LogP contribution in [0.15, 0.2) is 18.2 Å². The summed E-state index contributed by atoms with van der Waals surface area (Å²) in [5, 5.41) is 23.1. The lowest BCUT2D eigenvalue weighted by atomic mass is 9.81. The third kappa shape index (κ3) is 3.87. The van der Waals surface area contributed by atoms with E-state index in [0.717, 1.165) is 17.7 Å². The summed E-state index contributed by atoms with van der Waals surface area (Å²) >= 11 is 6.31. The summed E-state index contributed by atoms with van der Waals surface area (Å²) in [5.74, 6) is -0.105. The Kier molecular flexibility index (Phi) is 5.80. The van der Waals surface area contributed by atoms with Crippen molar-refractivity contribution in [3.8, 4) is 5.75 Å². The van der Waals surface area contributed by atoms with Gasteiger partial charge in [-0.3, -0.25) is 29.8 Å². The van der Waals surface area contributed by atoms with E-state index >= 15 is 0 Å². The molecule has 0 N–H and O–H groups in total. The van der Waals surface area contributed by atoms with Crippen LogP contribution < -0.4 is 4.74 Å². The first-order valence-electron chi connectivity index (χ1n) is 10.7. The normalized spacial score (nSPS) is 16.7. The number of carbonyl (C=O) groups is 2. The molecule has 2 aromatic carbocycles. The number of carbonyl (C=O) groups excluding carboxylic acids is 2. The Balaban J connectivity index is 1.58. The van der Waals surface area contributed by atoms with Gasteiger partial charge >= 0.3 is 0 Å². The van der Waals surface area contributed by atoms with Crippen molar-refractivity contribution in [3.05, 3.63) is 71.3 Å². The molecule has 1 fully saturated rings. The van der Waals surface area contributed by atoms with Crippen molar-refractivity contribution in [1.29, 1.82) is 0 Å². The van der Waals surface area contributed by atoms with Crippen LogP contribution in [0, 0.1) is 41.0 Å². The third-order valence-electron chi connectivity index (χ3n) is 6.70. The van der Waals surface area contributed by atoms with Crippen molar-refractivity contribution >= 4 is 34.7 Å². The monoisotopic (exact) mass is 487 g/mol. The van der Waals surface area contributed by atoms with Crippen molar-refractivity contribution < 1.29 is 24.2 Å². The summed E-state index contributed by atoms with van der Waals surface area (Å²) in [7, 11) is 0. The number of Topliss-reactive ketones (excluding diaryl/α,β-unsaturated/α-hetero) is 1. The lowest BCUT2D eigenvalue weighted by Gasteiger charge is -2.44. The van der Waals surface area contributed by atoms with Gasteiger partial charge in [-0.1, -0.05) is 11.6 Å². The molecule has 0 aliphatic carbocycles. The van der Waals surface area contributed by atoms with Crippen LogP contribution in [-0.2, 0) is 0 Å². The van der Waals surface area contributed by atoms with Crippen LogP contribution in [0.25, 0.3) is 0 Å². The molecule has 34 heavy (non-hydrogen) atoms. The third-order valence-corrected chi connectivity index (χ3v) is 7.28. The van der Waals surface area contributed by atoms with Crippen molar-refractivity contribution in [1.82, 2.24) is 4.90 Å². The maximum atomic E-state index is 13.2. The quantitative estimate of drug-likeness (QED) is 0.451. The maximum absolute atomic E-state index is 13.2. The second kappa shape index (κ2) is 8.35. The molecule has 0 atom stereocenters. The van der Waals surface area contributed by atoms with Crippen molar-refractivity contribution in [2.45, 2.75) is 45.6 Å². The van der Waals surface area contributed by atoms with E-state index in [4.69, 9.17) is 16.3 Å². The Morgan fingerprint density at radius 2 is 1.71 bits per heavy atom. The Hall–Kier alpha value is -3.53. The van der Waals surface area contributed by atoms with Gasteiger partial charge in [0.25, 0.3) is 17.3 Å².